The summed E-state index contributed by atoms with van der Waals surface area (Å²) in [6, 6.07) is 0. The Labute approximate surface area is 356 Å². The number of carbonyl (C=O) groups is 3. The van der Waals surface area contributed by atoms with Crippen molar-refractivity contribution in [1.82, 2.24) is 0 Å². The molecule has 0 aromatic heterocycles. The molecule has 0 aromatic rings. The van der Waals surface area contributed by atoms with E-state index >= 15 is 0 Å². The molecule has 1 unspecified atom stereocenters. The summed E-state index contributed by atoms with van der Waals surface area (Å²) in [5.41, 5.74) is 0. The molecule has 58 heavy (non-hydrogen) atoms. The summed E-state index contributed by atoms with van der Waals surface area (Å²) < 4.78 is 16.6. The number of rotatable bonds is 41. The van der Waals surface area contributed by atoms with Gasteiger partial charge in [-0.2, -0.15) is 0 Å². The molecule has 0 aliphatic carbocycles. The fourth-order valence-corrected chi connectivity index (χ4v) is 6.07. The number of esters is 3. The minimum Gasteiger partial charge on any atom is -0.462 e. The highest BCUT2D eigenvalue weighted by Gasteiger charge is 2.19. The van der Waals surface area contributed by atoms with E-state index in [1.165, 1.54) is 44.9 Å². The van der Waals surface area contributed by atoms with Gasteiger partial charge in [0.2, 0.25) is 0 Å². The van der Waals surface area contributed by atoms with E-state index in [-0.39, 0.29) is 31.1 Å². The van der Waals surface area contributed by atoms with Crippen molar-refractivity contribution in [1.29, 1.82) is 0 Å². The Morgan fingerprint density at radius 3 is 1.12 bits per heavy atom. The van der Waals surface area contributed by atoms with Crippen LogP contribution in [0.4, 0.5) is 0 Å². The Bertz CT molecular complexity index is 1160. The Balaban J connectivity index is 4.39. The number of ether oxygens (including phenoxy) is 3. The van der Waals surface area contributed by atoms with Crippen molar-refractivity contribution in [3.8, 4) is 0 Å². The quantitative estimate of drug-likeness (QED) is 0.0265. The fourth-order valence-electron chi connectivity index (χ4n) is 6.07. The predicted octanol–water partition coefficient (Wildman–Crippen LogP) is 15.3. The number of hydrogen-bond donors (Lipinski definition) is 0. The van der Waals surface area contributed by atoms with E-state index in [0.717, 1.165) is 122 Å². The lowest BCUT2D eigenvalue weighted by Crippen LogP contribution is -2.30. The Morgan fingerprint density at radius 1 is 0.362 bits per heavy atom. The van der Waals surface area contributed by atoms with Gasteiger partial charge in [-0.05, 0) is 89.9 Å². The van der Waals surface area contributed by atoms with Gasteiger partial charge in [-0.1, -0.05) is 183 Å². The maximum atomic E-state index is 12.7. The van der Waals surface area contributed by atoms with E-state index in [2.05, 4.69) is 106 Å². The van der Waals surface area contributed by atoms with Gasteiger partial charge in [-0.25, -0.2) is 0 Å². The molecular formula is C52H86O6. The fraction of sp³-hybridized carbons (Fsp3) is 0.673. The van der Waals surface area contributed by atoms with Crippen molar-refractivity contribution in [3.05, 3.63) is 85.1 Å². The molecule has 0 aliphatic heterocycles. The molecule has 1 atom stereocenters. The molecule has 0 fully saturated rings. The first-order valence-corrected chi connectivity index (χ1v) is 23.6. The number of unbranched alkanes of at least 4 members (excludes halogenated alkanes) is 16. The third kappa shape index (κ3) is 43.7. The van der Waals surface area contributed by atoms with Crippen molar-refractivity contribution in [3.63, 3.8) is 0 Å². The molecule has 0 bridgehead atoms. The smallest absolute Gasteiger partial charge is 0.306 e. The second-order valence-corrected chi connectivity index (χ2v) is 15.3. The zero-order chi connectivity index (χ0) is 42.3. The van der Waals surface area contributed by atoms with Gasteiger partial charge in [-0.3, -0.25) is 14.4 Å². The Kier molecular flexibility index (Phi) is 43.6. The SMILES string of the molecule is CC/C=C\C/C=C\C/C=C\C/C=C\C/C=C\CCCCCC(=O)OCC(COC(=O)CCCCCCCCC)OC(=O)CCCCCCC/C=C\C/C=C\CCCC. The number of hydrogen-bond acceptors (Lipinski definition) is 6. The van der Waals surface area contributed by atoms with Crippen LogP contribution in [0, 0.1) is 0 Å². The summed E-state index contributed by atoms with van der Waals surface area (Å²) in [4.78, 5) is 37.7. The predicted molar refractivity (Wildman–Crippen MR) is 247 cm³/mol. The third-order valence-electron chi connectivity index (χ3n) is 9.63. The topological polar surface area (TPSA) is 78.9 Å². The van der Waals surface area contributed by atoms with E-state index in [1.54, 1.807) is 0 Å². The van der Waals surface area contributed by atoms with Gasteiger partial charge >= 0.3 is 17.9 Å². The second kappa shape index (κ2) is 46.3. The summed E-state index contributed by atoms with van der Waals surface area (Å²) in [6.07, 6.45) is 58.6. The van der Waals surface area contributed by atoms with Crippen LogP contribution in [-0.4, -0.2) is 37.2 Å². The second-order valence-electron chi connectivity index (χ2n) is 15.3. The molecule has 330 valence electrons. The molecule has 0 aliphatic rings. The molecule has 0 spiro atoms. The zero-order valence-corrected chi connectivity index (χ0v) is 37.5. The Morgan fingerprint density at radius 2 is 0.690 bits per heavy atom. The maximum absolute atomic E-state index is 12.7. The molecule has 0 heterocycles. The van der Waals surface area contributed by atoms with Crippen molar-refractivity contribution < 1.29 is 28.6 Å². The van der Waals surface area contributed by atoms with E-state index in [9.17, 15) is 14.4 Å². The van der Waals surface area contributed by atoms with Gasteiger partial charge in [-0.15, -0.1) is 0 Å². The van der Waals surface area contributed by atoms with E-state index in [1.807, 2.05) is 0 Å². The molecule has 0 saturated carbocycles. The molecule has 0 N–H and O–H groups in total. The van der Waals surface area contributed by atoms with Gasteiger partial charge in [0.1, 0.15) is 13.2 Å². The van der Waals surface area contributed by atoms with Crippen LogP contribution in [0.5, 0.6) is 0 Å². The molecule has 0 saturated heterocycles. The molecular weight excluding hydrogens is 721 g/mol. The normalized spacial score (nSPS) is 12.8. The van der Waals surface area contributed by atoms with Crippen molar-refractivity contribution in [2.75, 3.05) is 13.2 Å². The summed E-state index contributed by atoms with van der Waals surface area (Å²) >= 11 is 0. The lowest BCUT2D eigenvalue weighted by Gasteiger charge is -2.18. The van der Waals surface area contributed by atoms with Gasteiger partial charge in [0.05, 0.1) is 0 Å². The highest BCUT2D eigenvalue weighted by Crippen LogP contribution is 2.12. The van der Waals surface area contributed by atoms with Crippen molar-refractivity contribution in [2.24, 2.45) is 0 Å². The van der Waals surface area contributed by atoms with Crippen molar-refractivity contribution >= 4 is 17.9 Å². The van der Waals surface area contributed by atoms with Crippen LogP contribution in [0.15, 0.2) is 85.1 Å². The summed E-state index contributed by atoms with van der Waals surface area (Å²) in [7, 11) is 0. The Hall–Kier alpha value is -3.41. The average molecular weight is 807 g/mol. The third-order valence-corrected chi connectivity index (χ3v) is 9.63. The van der Waals surface area contributed by atoms with Crippen LogP contribution in [0.3, 0.4) is 0 Å². The van der Waals surface area contributed by atoms with Crippen molar-refractivity contribution in [2.45, 2.75) is 213 Å². The standard InChI is InChI=1S/C52H86O6/c1-4-7-10-13-16-18-20-22-24-25-26-27-28-30-31-33-36-39-42-45-51(54)57-48-49(47-56-50(53)44-41-38-35-15-12-9-6-3)58-52(55)46-43-40-37-34-32-29-23-21-19-17-14-11-8-5-2/h7,10,14,16-18,21-24,26-27,30-31,49H,4-6,8-9,11-13,15,19-20,25,28-29,32-48H2,1-3H3/b10-7-,17-14-,18-16-,23-21-,24-22-,27-26-,31-30-. The van der Waals surface area contributed by atoms with Gasteiger partial charge < -0.3 is 14.2 Å². The summed E-state index contributed by atoms with van der Waals surface area (Å²) in [5, 5.41) is 0. The average Bonchev–Trinajstić information content (AvgIpc) is 3.22. The lowest BCUT2D eigenvalue weighted by atomic mass is 10.1. The number of allylic oxidation sites excluding steroid dienone is 14. The van der Waals surface area contributed by atoms with Crippen LogP contribution in [0.25, 0.3) is 0 Å². The van der Waals surface area contributed by atoms with Crippen LogP contribution in [0.2, 0.25) is 0 Å². The largest absolute Gasteiger partial charge is 0.462 e. The molecule has 0 amide bonds. The molecule has 0 rings (SSSR count). The molecule has 6 heteroatoms. The van der Waals surface area contributed by atoms with Crippen LogP contribution < -0.4 is 0 Å². The highest BCUT2D eigenvalue weighted by molar-refractivity contribution is 5.71. The van der Waals surface area contributed by atoms with Crippen LogP contribution >= 0.6 is 0 Å². The molecule has 0 aromatic carbocycles. The van der Waals surface area contributed by atoms with E-state index in [0.29, 0.717) is 19.3 Å². The summed E-state index contributed by atoms with van der Waals surface area (Å²) in [6.45, 7) is 6.38. The molecule has 0 radical (unpaired) electrons. The first-order chi connectivity index (χ1) is 28.5. The summed E-state index contributed by atoms with van der Waals surface area (Å²) in [5.74, 6) is -0.954. The zero-order valence-electron chi connectivity index (χ0n) is 37.5. The molecule has 6 nitrogen and oxygen atoms in total. The first-order valence-electron chi connectivity index (χ1n) is 23.6. The van der Waals surface area contributed by atoms with E-state index < -0.39 is 6.10 Å². The minimum absolute atomic E-state index is 0.0936. The van der Waals surface area contributed by atoms with Gasteiger partial charge in [0.15, 0.2) is 6.10 Å². The number of carbonyl (C=O) groups excluding carboxylic acids is 3. The lowest BCUT2D eigenvalue weighted by molar-refractivity contribution is -0.167. The van der Waals surface area contributed by atoms with E-state index in [4.69, 9.17) is 14.2 Å². The monoisotopic (exact) mass is 807 g/mol. The minimum atomic E-state index is -0.793. The maximum Gasteiger partial charge on any atom is 0.306 e. The van der Waals surface area contributed by atoms with Crippen LogP contribution in [-0.2, 0) is 28.6 Å². The first kappa shape index (κ1) is 54.6. The van der Waals surface area contributed by atoms with Gasteiger partial charge in [0.25, 0.3) is 0 Å². The van der Waals surface area contributed by atoms with Crippen LogP contribution in [0.1, 0.15) is 207 Å². The van der Waals surface area contributed by atoms with Gasteiger partial charge in [0, 0.05) is 19.3 Å². The highest BCUT2D eigenvalue weighted by atomic mass is 16.6.